The number of para-hydroxylation sites is 1. The first-order valence-corrected chi connectivity index (χ1v) is 10.9. The van der Waals surface area contributed by atoms with Crippen LogP contribution in [0.1, 0.15) is 45.4 Å². The zero-order valence-corrected chi connectivity index (χ0v) is 17.8. The Morgan fingerprint density at radius 2 is 1.90 bits per heavy atom. The molecule has 8 heteroatoms. The van der Waals surface area contributed by atoms with Crippen LogP contribution in [0.3, 0.4) is 0 Å². The van der Waals surface area contributed by atoms with Crippen LogP contribution in [0.5, 0.6) is 0 Å². The third kappa shape index (κ3) is 7.53. The van der Waals surface area contributed by atoms with Gasteiger partial charge in [-0.1, -0.05) is 42.8 Å². The number of unbranched alkanes of at least 4 members (excludes halogenated alkanes) is 2. The molecule has 1 aliphatic rings. The Morgan fingerprint density at radius 3 is 2.52 bits per heavy atom. The summed E-state index contributed by atoms with van der Waals surface area (Å²) >= 11 is 1.30. The van der Waals surface area contributed by atoms with E-state index in [1.165, 1.54) is 16.7 Å². The van der Waals surface area contributed by atoms with Gasteiger partial charge in [0.1, 0.15) is 12.1 Å². The molecule has 1 fully saturated rings. The molecule has 0 unspecified atom stereocenters. The van der Waals surface area contributed by atoms with Crippen molar-refractivity contribution < 1.29 is 19.2 Å². The monoisotopic (exact) mass is 419 g/mol. The highest BCUT2D eigenvalue weighted by molar-refractivity contribution is 8.13. The van der Waals surface area contributed by atoms with E-state index in [1.54, 1.807) is 26.1 Å². The van der Waals surface area contributed by atoms with Crippen LogP contribution in [0.25, 0.3) is 0 Å². The van der Waals surface area contributed by atoms with E-state index in [2.05, 4.69) is 10.6 Å². The smallest absolute Gasteiger partial charge is 0.246 e. The molecule has 0 aromatic heterocycles. The Kier molecular flexibility index (Phi) is 9.18. The highest BCUT2D eigenvalue weighted by atomic mass is 32.2. The number of likely N-dealkylation sites (tertiary alicyclic amines) is 1. The van der Waals surface area contributed by atoms with Crippen molar-refractivity contribution in [1.82, 2.24) is 10.2 Å². The summed E-state index contributed by atoms with van der Waals surface area (Å²) in [6.07, 6.45) is 3.82. The fourth-order valence-electron chi connectivity index (χ4n) is 3.24. The number of carbonyl (C=O) groups is 4. The molecule has 0 radical (unpaired) electrons. The van der Waals surface area contributed by atoms with Crippen molar-refractivity contribution in [3.8, 4) is 0 Å². The van der Waals surface area contributed by atoms with E-state index >= 15 is 0 Å². The van der Waals surface area contributed by atoms with Crippen molar-refractivity contribution >= 4 is 40.3 Å². The average Bonchev–Trinajstić information content (AvgIpc) is 3.02. The van der Waals surface area contributed by atoms with E-state index in [1.807, 2.05) is 18.2 Å². The van der Waals surface area contributed by atoms with Gasteiger partial charge in [-0.15, -0.1) is 0 Å². The summed E-state index contributed by atoms with van der Waals surface area (Å²) in [6, 6.07) is 7.90. The second-order valence-electron chi connectivity index (χ2n) is 7.16. The lowest BCUT2D eigenvalue weighted by Gasteiger charge is -2.23. The third-order valence-corrected chi connectivity index (χ3v) is 5.81. The molecular weight excluding hydrogens is 390 g/mol. The molecule has 1 heterocycles. The fraction of sp³-hybridized carbons (Fsp3) is 0.524. The van der Waals surface area contributed by atoms with E-state index in [9.17, 15) is 19.2 Å². The van der Waals surface area contributed by atoms with Crippen LogP contribution >= 0.6 is 11.8 Å². The van der Waals surface area contributed by atoms with Gasteiger partial charge < -0.3 is 15.5 Å². The van der Waals surface area contributed by atoms with E-state index in [0.29, 0.717) is 24.9 Å². The minimum absolute atomic E-state index is 0.0570. The largest absolute Gasteiger partial charge is 0.343 e. The number of carbonyl (C=O) groups excluding carboxylic acids is 4. The number of rotatable bonds is 10. The van der Waals surface area contributed by atoms with Crippen LogP contribution in [0.4, 0.5) is 5.69 Å². The maximum absolute atomic E-state index is 12.8. The Morgan fingerprint density at radius 1 is 1.17 bits per heavy atom. The number of nitrogens with zero attached hydrogens (tertiary/aromatic N) is 1. The van der Waals surface area contributed by atoms with E-state index in [0.717, 1.165) is 25.0 Å². The predicted octanol–water partition coefficient (Wildman–Crippen LogP) is 2.57. The highest BCUT2D eigenvalue weighted by Crippen LogP contribution is 2.18. The van der Waals surface area contributed by atoms with Crippen molar-refractivity contribution in [3.05, 3.63) is 30.3 Å². The van der Waals surface area contributed by atoms with Gasteiger partial charge in [0.05, 0.1) is 0 Å². The lowest BCUT2D eigenvalue weighted by molar-refractivity contribution is -0.135. The zero-order chi connectivity index (χ0) is 21.2. The molecule has 158 valence electrons. The number of hydrogen-bond acceptors (Lipinski definition) is 5. The van der Waals surface area contributed by atoms with Gasteiger partial charge in [0.25, 0.3) is 0 Å². The molecule has 1 aromatic carbocycles. The van der Waals surface area contributed by atoms with Gasteiger partial charge in [-0.05, 0) is 31.4 Å². The molecular formula is C21H29N3O4S. The number of benzene rings is 1. The van der Waals surface area contributed by atoms with Gasteiger partial charge in [0.15, 0.2) is 5.12 Å². The molecule has 0 saturated carbocycles. The van der Waals surface area contributed by atoms with Crippen molar-refractivity contribution in [2.24, 2.45) is 0 Å². The first-order chi connectivity index (χ1) is 13.9. The second kappa shape index (κ2) is 11.6. The van der Waals surface area contributed by atoms with E-state index < -0.39 is 12.1 Å². The first kappa shape index (κ1) is 22.9. The lowest BCUT2D eigenvalue weighted by Crippen LogP contribution is -2.50. The zero-order valence-electron chi connectivity index (χ0n) is 17.0. The number of thioether (sulfide) groups is 1. The number of likely N-dealkylation sites (N-methyl/N-ethyl adjacent to an activating group) is 1. The molecule has 1 aliphatic heterocycles. The summed E-state index contributed by atoms with van der Waals surface area (Å²) < 4.78 is 0. The third-order valence-electron chi connectivity index (χ3n) is 4.91. The summed E-state index contributed by atoms with van der Waals surface area (Å²) in [7, 11) is 1.62. The normalized spacial score (nSPS) is 17.1. The van der Waals surface area contributed by atoms with Crippen LogP contribution in [-0.2, 0) is 19.2 Å². The summed E-state index contributed by atoms with van der Waals surface area (Å²) in [5.41, 5.74) is 0.669. The molecule has 7 nitrogen and oxygen atoms in total. The van der Waals surface area contributed by atoms with Crippen LogP contribution in [0, 0.1) is 0 Å². The minimum Gasteiger partial charge on any atom is -0.343 e. The van der Waals surface area contributed by atoms with Crippen molar-refractivity contribution in [1.29, 1.82) is 0 Å². The predicted molar refractivity (Wildman–Crippen MR) is 114 cm³/mol. The maximum atomic E-state index is 12.8. The molecule has 2 rings (SSSR count). The number of hydrogen-bond donors (Lipinski definition) is 2. The molecule has 0 bridgehead atoms. The number of nitrogens with one attached hydrogen (secondary N) is 2. The van der Waals surface area contributed by atoms with E-state index in [4.69, 9.17) is 0 Å². The number of amides is 3. The second-order valence-corrected chi connectivity index (χ2v) is 8.44. The van der Waals surface area contributed by atoms with Crippen LogP contribution in [-0.4, -0.2) is 52.6 Å². The lowest BCUT2D eigenvalue weighted by atomic mass is 10.1. The SMILES string of the molecule is CC(=O)SCCCCC[C@H](NC(=O)[C@H]1CCC(=O)N1C)C(=O)Nc1ccccc1. The standard InChI is InChI=1S/C21H29N3O4S/c1-15(25)29-14-8-4-7-11-17(20(27)22-16-9-5-3-6-10-16)23-21(28)18-12-13-19(26)24(18)2/h3,5-6,9-10,17-18H,4,7-8,11-14H2,1-2H3,(H,22,27)(H,23,28)/t17-,18+/m0/s1. The topological polar surface area (TPSA) is 95.6 Å². The minimum atomic E-state index is -0.674. The van der Waals surface area contributed by atoms with Gasteiger partial charge in [-0.2, -0.15) is 0 Å². The van der Waals surface area contributed by atoms with Crippen LogP contribution in [0.2, 0.25) is 0 Å². The van der Waals surface area contributed by atoms with Crippen molar-refractivity contribution in [2.45, 2.75) is 57.5 Å². The van der Waals surface area contributed by atoms with Crippen molar-refractivity contribution in [3.63, 3.8) is 0 Å². The van der Waals surface area contributed by atoms with Crippen LogP contribution < -0.4 is 10.6 Å². The summed E-state index contributed by atoms with van der Waals surface area (Å²) in [4.78, 5) is 49.6. The summed E-state index contributed by atoms with van der Waals surface area (Å²) in [5.74, 6) is 0.143. The van der Waals surface area contributed by atoms with Gasteiger partial charge in [0, 0.05) is 31.8 Å². The molecule has 1 aromatic rings. The fourth-order valence-corrected chi connectivity index (χ4v) is 3.88. The highest BCUT2D eigenvalue weighted by Gasteiger charge is 2.35. The number of anilines is 1. The van der Waals surface area contributed by atoms with Crippen LogP contribution in [0.15, 0.2) is 30.3 Å². The van der Waals surface area contributed by atoms with Gasteiger partial charge in [-0.3, -0.25) is 19.2 Å². The summed E-state index contributed by atoms with van der Waals surface area (Å²) in [6.45, 7) is 1.55. The Bertz CT molecular complexity index is 726. The van der Waals surface area contributed by atoms with Gasteiger partial charge in [0.2, 0.25) is 17.7 Å². The molecule has 0 aliphatic carbocycles. The average molecular weight is 420 g/mol. The van der Waals surface area contributed by atoms with E-state index in [-0.39, 0.29) is 22.8 Å². The Labute approximate surface area is 176 Å². The molecule has 1 saturated heterocycles. The Hall–Kier alpha value is -2.35. The Balaban J connectivity index is 1.92. The van der Waals surface area contributed by atoms with Gasteiger partial charge >= 0.3 is 0 Å². The summed E-state index contributed by atoms with van der Waals surface area (Å²) in [5, 5.41) is 5.78. The maximum Gasteiger partial charge on any atom is 0.246 e. The molecule has 3 amide bonds. The molecule has 2 N–H and O–H groups in total. The first-order valence-electron chi connectivity index (χ1n) is 9.94. The molecule has 0 spiro atoms. The van der Waals surface area contributed by atoms with Crippen molar-refractivity contribution in [2.75, 3.05) is 18.1 Å². The van der Waals surface area contributed by atoms with Gasteiger partial charge in [-0.25, -0.2) is 0 Å². The quantitative estimate of drug-likeness (QED) is 0.568. The molecule has 2 atom stereocenters. The molecule has 29 heavy (non-hydrogen) atoms.